The molecule has 0 saturated carbocycles. The van der Waals surface area contributed by atoms with Crippen LogP contribution in [-0.2, 0) is 16.4 Å². The number of sulfone groups is 1. The zero-order chi connectivity index (χ0) is 22.3. The van der Waals surface area contributed by atoms with Crippen molar-refractivity contribution < 1.29 is 17.6 Å². The maximum Gasteiger partial charge on any atom is 0.290 e. The Hall–Kier alpha value is -2.93. The number of hydrogen-bond acceptors (Lipinski definition) is 5. The van der Waals surface area contributed by atoms with Crippen molar-refractivity contribution in [3.63, 3.8) is 0 Å². The maximum absolute atomic E-state index is 13.5. The summed E-state index contributed by atoms with van der Waals surface area (Å²) < 4.78 is 30.1. The molecule has 31 heavy (non-hydrogen) atoms. The van der Waals surface area contributed by atoms with Gasteiger partial charge in [0.2, 0.25) is 0 Å². The van der Waals surface area contributed by atoms with Gasteiger partial charge in [0.1, 0.15) is 5.58 Å². The Labute approximate surface area is 181 Å². The molecule has 0 radical (unpaired) electrons. The van der Waals surface area contributed by atoms with E-state index in [9.17, 15) is 18.0 Å². The van der Waals surface area contributed by atoms with Crippen molar-refractivity contribution in [2.75, 3.05) is 11.5 Å². The molecule has 2 aromatic carbocycles. The smallest absolute Gasteiger partial charge is 0.290 e. The fourth-order valence-electron chi connectivity index (χ4n) is 4.13. The lowest BCUT2D eigenvalue weighted by atomic mass is 10.1. The first kappa shape index (κ1) is 21.3. The zero-order valence-corrected chi connectivity index (χ0v) is 18.7. The molecule has 2 heterocycles. The molecule has 1 atom stereocenters. The second-order valence-electron chi connectivity index (χ2n) is 8.41. The van der Waals surface area contributed by atoms with Crippen LogP contribution < -0.4 is 5.43 Å². The van der Waals surface area contributed by atoms with Gasteiger partial charge in [-0.05, 0) is 49.9 Å². The number of amides is 1. The van der Waals surface area contributed by atoms with Crippen molar-refractivity contribution in [2.24, 2.45) is 0 Å². The molecule has 4 rings (SSSR count). The Morgan fingerprint density at radius 3 is 2.42 bits per heavy atom. The molecule has 0 bridgehead atoms. The second kappa shape index (κ2) is 7.96. The van der Waals surface area contributed by atoms with E-state index in [1.165, 1.54) is 11.0 Å². The van der Waals surface area contributed by atoms with Crippen LogP contribution >= 0.6 is 0 Å². The third-order valence-corrected chi connectivity index (χ3v) is 7.50. The van der Waals surface area contributed by atoms with E-state index >= 15 is 0 Å². The molecular weight excluding hydrogens is 414 g/mol. The normalized spacial score (nSPS) is 17.7. The summed E-state index contributed by atoms with van der Waals surface area (Å²) in [7, 11) is -3.20. The molecule has 7 heteroatoms. The Morgan fingerprint density at radius 1 is 1.06 bits per heavy atom. The zero-order valence-electron chi connectivity index (χ0n) is 17.8. The fourth-order valence-corrected chi connectivity index (χ4v) is 5.86. The van der Waals surface area contributed by atoms with Crippen molar-refractivity contribution in [3.8, 4) is 0 Å². The molecule has 1 aromatic heterocycles. The van der Waals surface area contributed by atoms with E-state index < -0.39 is 21.8 Å². The average molecular weight is 440 g/mol. The molecule has 1 fully saturated rings. The minimum absolute atomic E-state index is 0.0510. The molecule has 6 nitrogen and oxygen atoms in total. The molecule has 0 N–H and O–H groups in total. The second-order valence-corrected chi connectivity index (χ2v) is 10.6. The summed E-state index contributed by atoms with van der Waals surface area (Å²) >= 11 is 0. The third kappa shape index (κ3) is 4.42. The van der Waals surface area contributed by atoms with Gasteiger partial charge in [0, 0.05) is 18.7 Å². The number of fused-ring (bicyclic) bond motifs is 1. The number of rotatable bonds is 4. The lowest BCUT2D eigenvalue weighted by Crippen LogP contribution is -2.41. The van der Waals surface area contributed by atoms with Gasteiger partial charge in [-0.1, -0.05) is 35.9 Å². The summed E-state index contributed by atoms with van der Waals surface area (Å²) in [4.78, 5) is 27.7. The van der Waals surface area contributed by atoms with Gasteiger partial charge in [0.05, 0.1) is 16.9 Å². The Kier molecular flexibility index (Phi) is 5.47. The fraction of sp³-hybridized carbons (Fsp3) is 0.333. The van der Waals surface area contributed by atoms with Crippen LogP contribution in [0.25, 0.3) is 11.0 Å². The van der Waals surface area contributed by atoms with Gasteiger partial charge >= 0.3 is 0 Å². The monoisotopic (exact) mass is 439 g/mol. The minimum Gasteiger partial charge on any atom is -0.450 e. The van der Waals surface area contributed by atoms with Crippen LogP contribution in [0, 0.1) is 20.8 Å². The summed E-state index contributed by atoms with van der Waals surface area (Å²) in [5.74, 6) is -0.571. The molecule has 162 valence electrons. The molecular formula is C24H25NO5S. The predicted octanol–water partition coefficient (Wildman–Crippen LogP) is 3.55. The molecule has 1 aliphatic heterocycles. The average Bonchev–Trinajstić information content (AvgIpc) is 3.07. The highest BCUT2D eigenvalue weighted by Crippen LogP contribution is 2.25. The number of nitrogens with zero attached hydrogens (tertiary/aromatic N) is 1. The lowest BCUT2D eigenvalue weighted by molar-refractivity contribution is 0.0648. The van der Waals surface area contributed by atoms with E-state index in [0.717, 1.165) is 22.3 Å². The summed E-state index contributed by atoms with van der Waals surface area (Å²) in [5, 5.41) is 0.433. The van der Waals surface area contributed by atoms with E-state index in [0.29, 0.717) is 17.4 Å². The first-order chi connectivity index (χ1) is 14.6. The Morgan fingerprint density at radius 2 is 1.77 bits per heavy atom. The molecule has 0 aliphatic carbocycles. The third-order valence-electron chi connectivity index (χ3n) is 5.75. The predicted molar refractivity (Wildman–Crippen MR) is 120 cm³/mol. The lowest BCUT2D eigenvalue weighted by Gasteiger charge is -2.28. The number of carbonyl (C=O) groups excluding carboxylic acids is 1. The van der Waals surface area contributed by atoms with Crippen molar-refractivity contribution in [1.82, 2.24) is 4.90 Å². The number of hydrogen-bond donors (Lipinski definition) is 0. The highest BCUT2D eigenvalue weighted by Gasteiger charge is 2.36. The summed E-state index contributed by atoms with van der Waals surface area (Å²) in [6.45, 7) is 5.95. The van der Waals surface area contributed by atoms with E-state index in [1.54, 1.807) is 6.07 Å². The molecule has 1 aliphatic rings. The van der Waals surface area contributed by atoms with Gasteiger partial charge in [0.25, 0.3) is 5.91 Å². The number of benzene rings is 2. The van der Waals surface area contributed by atoms with Gasteiger partial charge < -0.3 is 9.32 Å². The van der Waals surface area contributed by atoms with Crippen LogP contribution in [0.2, 0.25) is 0 Å². The van der Waals surface area contributed by atoms with Crippen LogP contribution in [0.1, 0.15) is 39.2 Å². The van der Waals surface area contributed by atoms with Crippen LogP contribution in [0.3, 0.4) is 0 Å². The van der Waals surface area contributed by atoms with Crippen molar-refractivity contribution in [2.45, 2.75) is 39.8 Å². The quantitative estimate of drug-likeness (QED) is 0.621. The van der Waals surface area contributed by atoms with E-state index in [-0.39, 0.29) is 29.2 Å². The van der Waals surface area contributed by atoms with Crippen molar-refractivity contribution >= 4 is 26.7 Å². The SMILES string of the molecule is Cc1ccc(CN(C(=O)c2cc(=O)c3cc(C)cc(C)c3o2)[C@H]2CCS(=O)(=O)C2)cc1. The van der Waals surface area contributed by atoms with E-state index in [4.69, 9.17) is 4.42 Å². The van der Waals surface area contributed by atoms with Gasteiger partial charge in [-0.15, -0.1) is 0 Å². The molecule has 1 amide bonds. The highest BCUT2D eigenvalue weighted by atomic mass is 32.2. The van der Waals surface area contributed by atoms with Crippen molar-refractivity contribution in [3.05, 3.63) is 80.7 Å². The molecule has 0 spiro atoms. The number of carbonyl (C=O) groups is 1. The van der Waals surface area contributed by atoms with E-state index in [2.05, 4.69) is 0 Å². The largest absolute Gasteiger partial charge is 0.450 e. The van der Waals surface area contributed by atoms with Crippen LogP contribution in [0.15, 0.2) is 51.7 Å². The van der Waals surface area contributed by atoms with Gasteiger partial charge in [-0.3, -0.25) is 9.59 Å². The van der Waals surface area contributed by atoms with Gasteiger partial charge in [-0.2, -0.15) is 0 Å². The topological polar surface area (TPSA) is 84.7 Å². The van der Waals surface area contributed by atoms with Crippen molar-refractivity contribution in [1.29, 1.82) is 0 Å². The molecule has 3 aromatic rings. The van der Waals surface area contributed by atoms with Gasteiger partial charge in [0.15, 0.2) is 21.0 Å². The number of aryl methyl sites for hydroxylation is 3. The highest BCUT2D eigenvalue weighted by molar-refractivity contribution is 7.91. The van der Waals surface area contributed by atoms with Gasteiger partial charge in [-0.25, -0.2) is 8.42 Å². The summed E-state index contributed by atoms with van der Waals surface area (Å²) in [6.07, 6.45) is 0.371. The first-order valence-corrected chi connectivity index (χ1v) is 12.1. The maximum atomic E-state index is 13.5. The Balaban J connectivity index is 1.76. The summed E-state index contributed by atoms with van der Waals surface area (Å²) in [6, 6.07) is 12.1. The minimum atomic E-state index is -3.20. The summed E-state index contributed by atoms with van der Waals surface area (Å²) in [5.41, 5.74) is 3.79. The first-order valence-electron chi connectivity index (χ1n) is 10.2. The standard InChI is InChI=1S/C24H25NO5S/c1-15-4-6-18(7-5-15)13-25(19-8-9-31(28,29)14-19)24(27)22-12-21(26)20-11-16(2)10-17(3)23(20)30-22/h4-7,10-12,19H,8-9,13-14H2,1-3H3/t19-/m0/s1. The van der Waals surface area contributed by atoms with E-state index in [1.807, 2.05) is 51.1 Å². The van der Waals surface area contributed by atoms with Crippen LogP contribution in [-0.4, -0.2) is 36.8 Å². The van der Waals surface area contributed by atoms with Crippen LogP contribution in [0.5, 0.6) is 0 Å². The molecule has 1 saturated heterocycles. The Bertz CT molecular complexity index is 1320. The van der Waals surface area contributed by atoms with Crippen LogP contribution in [0.4, 0.5) is 0 Å². The molecule has 0 unspecified atom stereocenters.